The summed E-state index contributed by atoms with van der Waals surface area (Å²) in [6.07, 6.45) is 1.58. The fourth-order valence-electron chi connectivity index (χ4n) is 4.57. The third-order valence-corrected chi connectivity index (χ3v) is 9.48. The number of amides is 1. The fraction of sp³-hybridized carbons (Fsp3) is 0.0606. The van der Waals surface area contributed by atoms with E-state index < -0.39 is 26.0 Å². The highest BCUT2D eigenvalue weighted by molar-refractivity contribution is 7.92. The van der Waals surface area contributed by atoms with Crippen LogP contribution >= 0.6 is 0 Å². The molecule has 232 valence electrons. The zero-order valence-electron chi connectivity index (χ0n) is 24.5. The van der Waals surface area contributed by atoms with E-state index in [0.29, 0.717) is 28.3 Å². The van der Waals surface area contributed by atoms with Gasteiger partial charge in [-0.2, -0.15) is 8.42 Å². The van der Waals surface area contributed by atoms with Crippen molar-refractivity contribution in [3.63, 3.8) is 0 Å². The molecule has 11 nitrogen and oxygen atoms in total. The summed E-state index contributed by atoms with van der Waals surface area (Å²) >= 11 is 0. The number of nitrogens with one attached hydrogen (secondary N) is 1. The molecule has 13 heteroatoms. The van der Waals surface area contributed by atoms with Gasteiger partial charge in [0.25, 0.3) is 15.9 Å². The third kappa shape index (κ3) is 6.46. The van der Waals surface area contributed by atoms with E-state index >= 15 is 0 Å². The molecule has 1 aliphatic heterocycles. The highest BCUT2D eigenvalue weighted by atomic mass is 32.2. The van der Waals surface area contributed by atoms with E-state index in [4.69, 9.17) is 8.71 Å². The molecule has 0 radical (unpaired) electrons. The number of nitrogens with zero attached hydrogens (tertiary/aromatic N) is 3. The number of benzene rings is 4. The molecule has 5 aromatic rings. The molecule has 1 amide bonds. The van der Waals surface area contributed by atoms with E-state index in [2.05, 4.69) is 14.9 Å². The fourth-order valence-corrected chi connectivity index (χ4v) is 6.48. The first-order valence-corrected chi connectivity index (χ1v) is 16.8. The minimum Gasteiger partial charge on any atom is -0.379 e. The molecule has 0 atom stereocenters. The Bertz CT molecular complexity index is 2190. The van der Waals surface area contributed by atoms with Gasteiger partial charge in [-0.3, -0.25) is 9.69 Å². The van der Waals surface area contributed by atoms with Crippen molar-refractivity contribution in [2.45, 2.75) is 23.6 Å². The summed E-state index contributed by atoms with van der Waals surface area (Å²) in [6, 6.07) is 28.9. The van der Waals surface area contributed by atoms with Crippen LogP contribution in [0.3, 0.4) is 0 Å². The minimum atomic E-state index is -4.02. The molecule has 0 saturated carbocycles. The molecular weight excluding hydrogens is 629 g/mol. The monoisotopic (exact) mass is 654 g/mol. The molecule has 1 aromatic heterocycles. The van der Waals surface area contributed by atoms with Gasteiger partial charge in [0, 0.05) is 11.6 Å². The molecule has 0 unspecified atom stereocenters. The Labute approximate surface area is 265 Å². The van der Waals surface area contributed by atoms with Crippen molar-refractivity contribution in [2.75, 3.05) is 9.62 Å². The van der Waals surface area contributed by atoms with Gasteiger partial charge in [-0.25, -0.2) is 18.1 Å². The molecule has 2 heterocycles. The number of carbonyl (C=O) groups is 1. The Kier molecular flexibility index (Phi) is 8.02. The Morgan fingerprint density at radius 1 is 0.804 bits per heavy atom. The van der Waals surface area contributed by atoms with Gasteiger partial charge < -0.3 is 8.71 Å². The van der Waals surface area contributed by atoms with Crippen LogP contribution in [0.15, 0.2) is 134 Å². The summed E-state index contributed by atoms with van der Waals surface area (Å²) in [5, 5.41) is 3.68. The van der Waals surface area contributed by atoms with Gasteiger partial charge in [-0.15, -0.1) is 0 Å². The van der Waals surface area contributed by atoms with E-state index in [1.165, 1.54) is 59.5 Å². The standard InChI is InChI=1S/C33H26N4O7S2/c1-22-8-16-29(17-9-22)46(41,42)44-27-14-10-24(11-15-27)21-30-33(38)37(32(34-30)25-6-4-3-5-7-25)26-12-18-28(19-13-26)45(39,40)36-31-20-23(2)35-43-31/h3-21,36H,1-2H3/b30-21+. The maximum atomic E-state index is 13.7. The smallest absolute Gasteiger partial charge is 0.339 e. The lowest BCUT2D eigenvalue weighted by Crippen LogP contribution is -2.32. The Balaban J connectivity index is 1.26. The molecule has 0 spiro atoms. The molecule has 6 rings (SSSR count). The molecule has 1 N–H and O–H groups in total. The van der Waals surface area contributed by atoms with Crippen molar-refractivity contribution < 1.29 is 30.3 Å². The van der Waals surface area contributed by atoms with Crippen molar-refractivity contribution >= 4 is 49.5 Å². The van der Waals surface area contributed by atoms with Crippen LogP contribution in [-0.4, -0.2) is 33.7 Å². The lowest BCUT2D eigenvalue weighted by atomic mass is 10.1. The zero-order chi connectivity index (χ0) is 32.5. The van der Waals surface area contributed by atoms with Gasteiger partial charge in [0.1, 0.15) is 22.2 Å². The number of aryl methyl sites for hydroxylation is 2. The van der Waals surface area contributed by atoms with Crippen LogP contribution in [0.5, 0.6) is 5.75 Å². The SMILES string of the molecule is Cc1ccc(S(=O)(=O)Oc2ccc(/C=C3/N=C(c4ccccc4)N(c4ccc(S(=O)(=O)Nc5cc(C)no5)cc4)C3=O)cc2)cc1. The van der Waals surface area contributed by atoms with Crippen molar-refractivity contribution in [1.82, 2.24) is 5.16 Å². The first-order chi connectivity index (χ1) is 22.0. The summed E-state index contributed by atoms with van der Waals surface area (Å²) in [5.74, 6) is 0.00877. The minimum absolute atomic E-state index is 0.0166. The maximum absolute atomic E-state index is 13.7. The number of sulfonamides is 1. The lowest BCUT2D eigenvalue weighted by molar-refractivity contribution is -0.113. The number of hydrogen-bond acceptors (Lipinski definition) is 9. The van der Waals surface area contributed by atoms with Crippen LogP contribution in [0.1, 0.15) is 22.4 Å². The van der Waals surface area contributed by atoms with Gasteiger partial charge in [0.2, 0.25) is 5.88 Å². The number of hydrogen-bond donors (Lipinski definition) is 1. The van der Waals surface area contributed by atoms with Gasteiger partial charge in [0.15, 0.2) is 0 Å². The topological polar surface area (TPSA) is 148 Å². The molecular formula is C33H26N4O7S2. The number of aromatic nitrogens is 1. The van der Waals surface area contributed by atoms with Gasteiger partial charge in [-0.05, 0) is 74.0 Å². The van der Waals surface area contributed by atoms with Gasteiger partial charge in [0.05, 0.1) is 16.3 Å². The van der Waals surface area contributed by atoms with Crippen LogP contribution < -0.4 is 13.8 Å². The highest BCUT2D eigenvalue weighted by Crippen LogP contribution is 2.30. The number of anilines is 2. The zero-order valence-corrected chi connectivity index (χ0v) is 26.1. The molecule has 0 saturated heterocycles. The Morgan fingerprint density at radius 3 is 2.09 bits per heavy atom. The highest BCUT2D eigenvalue weighted by Gasteiger charge is 2.33. The predicted octanol–water partition coefficient (Wildman–Crippen LogP) is 5.69. The first-order valence-electron chi connectivity index (χ1n) is 13.9. The second-order valence-corrected chi connectivity index (χ2v) is 13.6. The van der Waals surface area contributed by atoms with Crippen LogP contribution in [-0.2, 0) is 24.9 Å². The summed E-state index contributed by atoms with van der Waals surface area (Å²) in [6.45, 7) is 3.53. The predicted molar refractivity (Wildman–Crippen MR) is 172 cm³/mol. The second kappa shape index (κ2) is 12.1. The van der Waals surface area contributed by atoms with Crippen LogP contribution in [0, 0.1) is 13.8 Å². The van der Waals surface area contributed by atoms with Gasteiger partial charge in [-0.1, -0.05) is 65.3 Å². The van der Waals surface area contributed by atoms with E-state index in [0.717, 1.165) is 5.56 Å². The molecule has 46 heavy (non-hydrogen) atoms. The van der Waals surface area contributed by atoms with Crippen LogP contribution in [0.2, 0.25) is 0 Å². The number of rotatable bonds is 9. The third-order valence-electron chi connectivity index (χ3n) is 6.86. The quantitative estimate of drug-likeness (QED) is 0.157. The van der Waals surface area contributed by atoms with Crippen molar-refractivity contribution in [2.24, 2.45) is 4.99 Å². The summed E-state index contributed by atoms with van der Waals surface area (Å²) < 4.78 is 63.7. The maximum Gasteiger partial charge on any atom is 0.339 e. The van der Waals surface area contributed by atoms with E-state index in [1.54, 1.807) is 37.3 Å². The second-order valence-electron chi connectivity index (χ2n) is 10.3. The largest absolute Gasteiger partial charge is 0.379 e. The summed E-state index contributed by atoms with van der Waals surface area (Å²) in [4.78, 5) is 19.8. The van der Waals surface area contributed by atoms with Crippen molar-refractivity contribution in [3.05, 3.63) is 137 Å². The average molecular weight is 655 g/mol. The molecule has 0 bridgehead atoms. The first kappa shape index (κ1) is 30.5. The Morgan fingerprint density at radius 2 is 1.46 bits per heavy atom. The Hall–Kier alpha value is -5.53. The molecule has 0 aliphatic carbocycles. The summed E-state index contributed by atoms with van der Waals surface area (Å²) in [7, 11) is -8.00. The van der Waals surface area contributed by atoms with Crippen molar-refractivity contribution in [3.8, 4) is 5.75 Å². The normalized spacial score (nSPS) is 14.4. The van der Waals surface area contributed by atoms with Crippen LogP contribution in [0.4, 0.5) is 11.6 Å². The van der Waals surface area contributed by atoms with E-state index in [1.807, 2.05) is 37.3 Å². The summed E-state index contributed by atoms with van der Waals surface area (Å²) in [5.41, 5.74) is 3.22. The molecule has 0 fully saturated rings. The lowest BCUT2D eigenvalue weighted by Gasteiger charge is -2.19. The van der Waals surface area contributed by atoms with E-state index in [-0.39, 0.29) is 27.1 Å². The molecule has 4 aromatic carbocycles. The number of amidine groups is 1. The van der Waals surface area contributed by atoms with Gasteiger partial charge >= 0.3 is 10.1 Å². The number of carbonyl (C=O) groups excluding carboxylic acids is 1. The molecule has 1 aliphatic rings. The van der Waals surface area contributed by atoms with Crippen LogP contribution in [0.25, 0.3) is 6.08 Å². The van der Waals surface area contributed by atoms with E-state index in [9.17, 15) is 21.6 Å². The van der Waals surface area contributed by atoms with Crippen molar-refractivity contribution in [1.29, 1.82) is 0 Å². The number of aliphatic imine (C=N–C) groups is 1. The average Bonchev–Trinajstić information content (AvgIpc) is 3.59.